The monoisotopic (exact) mass is 1560 g/mol. The first-order valence-corrected chi connectivity index (χ1v) is 36.6. The summed E-state index contributed by atoms with van der Waals surface area (Å²) in [5, 5.41) is 24.9. The summed E-state index contributed by atoms with van der Waals surface area (Å²) in [6, 6.07) is 99.0. The normalized spacial score (nSPS) is 13.5. The van der Waals surface area contributed by atoms with Gasteiger partial charge in [-0.25, -0.2) is 9.59 Å². The summed E-state index contributed by atoms with van der Waals surface area (Å²) in [6.07, 6.45) is 0. The fourth-order valence-corrected chi connectivity index (χ4v) is 16.9. The second-order valence-corrected chi connectivity index (χ2v) is 30.0. The molecule has 0 aliphatic carbocycles. The van der Waals surface area contributed by atoms with E-state index in [1.54, 1.807) is 6.07 Å². The molecule has 2 aromatic heterocycles. The molecule has 1 fully saturated rings. The van der Waals surface area contributed by atoms with Crippen molar-refractivity contribution in [2.45, 2.75) is 38.9 Å². The number of carbonyl (C=O) groups is 2. The minimum atomic E-state index is -0.434. The van der Waals surface area contributed by atoms with Gasteiger partial charge in [0.25, 0.3) is 0 Å². The number of ether oxygens (including phenoxy) is 2. The van der Waals surface area contributed by atoms with Gasteiger partial charge in [0.05, 0.1) is 58.6 Å². The SMILES string of the molecule is CC1(C)OB(c2ccc3c(c2)c2c4ccccc4c4c5ccccc5c5ccccc5c4c2n3-c2ccccc2)OC1(C)C.COC(=O)c1cc(Br)ccc1-c1ccc2c(c1)c1c3ccccc3c3c4ccccc4c4ccccc4c3c1n2-c1ccccc1.COC(=O)c1cc(Br)ccc1I. The molecule has 0 atom stereocenters. The van der Waals surface area contributed by atoms with Crippen LogP contribution in [0.25, 0.3) is 152 Å². The van der Waals surface area contributed by atoms with Crippen LogP contribution in [0, 0.1) is 3.57 Å². The molecule has 1 aliphatic rings. The van der Waals surface area contributed by atoms with Crippen molar-refractivity contribution < 1.29 is 28.4 Å². The molecular formula is C90H64BBr2IN2O6. The molecule has 8 nitrogen and oxygen atoms in total. The molecular weight excluding hydrogens is 1500 g/mol. The van der Waals surface area contributed by atoms with Gasteiger partial charge in [0.1, 0.15) is 0 Å². The molecule has 12 heteroatoms. The lowest BCUT2D eigenvalue weighted by molar-refractivity contribution is 0.00578. The summed E-state index contributed by atoms with van der Waals surface area (Å²) in [6.45, 7) is 8.45. The molecule has 16 aromatic carbocycles. The number of carbonyl (C=O) groups excluding carboxylic acids is 2. The zero-order valence-corrected chi connectivity index (χ0v) is 61.9. The second kappa shape index (κ2) is 25.7. The topological polar surface area (TPSA) is 80.9 Å². The molecule has 0 N–H and O–H groups in total. The van der Waals surface area contributed by atoms with Crippen LogP contribution < -0.4 is 5.46 Å². The largest absolute Gasteiger partial charge is 0.494 e. The van der Waals surface area contributed by atoms with Crippen LogP contribution in [0.2, 0.25) is 0 Å². The molecule has 1 aliphatic heterocycles. The van der Waals surface area contributed by atoms with Crippen molar-refractivity contribution in [3.05, 3.63) is 303 Å². The lowest BCUT2D eigenvalue weighted by atomic mass is 9.78. The Morgan fingerprint density at radius 3 is 1.14 bits per heavy atom. The Balaban J connectivity index is 0.000000131. The molecule has 494 valence electrons. The highest BCUT2D eigenvalue weighted by atomic mass is 127. The number of aromatic nitrogens is 2. The summed E-state index contributed by atoms with van der Waals surface area (Å²) < 4.78 is 30.4. The molecule has 18 aromatic rings. The lowest BCUT2D eigenvalue weighted by Crippen LogP contribution is -2.41. The number of halogens is 3. The predicted octanol–water partition coefficient (Wildman–Crippen LogP) is 24.1. The third-order valence-corrected chi connectivity index (χ3v) is 22.7. The van der Waals surface area contributed by atoms with Gasteiger partial charge in [0.2, 0.25) is 0 Å². The maximum atomic E-state index is 12.9. The third kappa shape index (κ3) is 10.6. The van der Waals surface area contributed by atoms with Gasteiger partial charge in [-0.15, -0.1) is 0 Å². The smallest absolute Gasteiger partial charge is 0.465 e. The Kier molecular flexibility index (Phi) is 16.4. The van der Waals surface area contributed by atoms with Crippen LogP contribution in [0.5, 0.6) is 0 Å². The Bertz CT molecular complexity index is 6510. The minimum Gasteiger partial charge on any atom is -0.465 e. The van der Waals surface area contributed by atoms with E-state index in [1.165, 1.54) is 133 Å². The lowest BCUT2D eigenvalue weighted by Gasteiger charge is -2.32. The molecule has 19 rings (SSSR count). The average molecular weight is 1570 g/mol. The van der Waals surface area contributed by atoms with Crippen molar-refractivity contribution in [3.63, 3.8) is 0 Å². The van der Waals surface area contributed by atoms with Gasteiger partial charge >= 0.3 is 19.1 Å². The number of hydrogen-bond donors (Lipinski definition) is 0. The highest BCUT2D eigenvalue weighted by Gasteiger charge is 2.52. The van der Waals surface area contributed by atoms with E-state index in [0.717, 1.165) is 51.4 Å². The summed E-state index contributed by atoms with van der Waals surface area (Å²) >= 11 is 8.92. The van der Waals surface area contributed by atoms with Crippen LogP contribution in [0.4, 0.5) is 0 Å². The second-order valence-electron chi connectivity index (χ2n) is 27.0. The van der Waals surface area contributed by atoms with Crippen molar-refractivity contribution in [1.82, 2.24) is 9.13 Å². The first-order chi connectivity index (χ1) is 49.6. The van der Waals surface area contributed by atoms with Gasteiger partial charge < -0.3 is 27.9 Å². The van der Waals surface area contributed by atoms with Crippen LogP contribution in [-0.4, -0.2) is 53.6 Å². The number of rotatable bonds is 6. The molecule has 0 radical (unpaired) electrons. The van der Waals surface area contributed by atoms with Crippen LogP contribution in [-0.2, 0) is 18.8 Å². The van der Waals surface area contributed by atoms with E-state index in [1.807, 2.05) is 30.3 Å². The number of methoxy groups -OCH3 is 2. The number of fused-ring (bicyclic) bond motifs is 26. The standard InChI is InChI=1S/C42H26BrNO2.C40H32BNO2.C8H6BrIO2/c1-46-42(45)35-24-26(43)20-21-28(35)25-19-22-37-36(23-25)39-34-18-10-9-17-33(34)38-31-15-7-5-13-29(31)30-14-6-8-16-32(30)40(38)41(39)44(37)27-11-3-2-4-12-27;1-39(2)40(3,4)44-41(43-39)25-22-23-34-33(24-25)36-32-21-13-12-20-31(32)35-29-18-10-8-16-27(29)28-17-9-11-19-30(28)37(35)38(36)42(34)26-14-6-5-7-15-26;1-12-8(11)6-4-5(9)2-3-7(6)10/h2-24H,1H3;5-24H,1-4H3;2-4H,1H3. The zero-order chi connectivity index (χ0) is 69.9. The molecule has 1 saturated heterocycles. The van der Waals surface area contributed by atoms with Gasteiger partial charge in [-0.3, -0.25) is 0 Å². The summed E-state index contributed by atoms with van der Waals surface area (Å²) in [5.41, 5.74) is 10.1. The highest BCUT2D eigenvalue weighted by molar-refractivity contribution is 14.1. The van der Waals surface area contributed by atoms with E-state index in [9.17, 15) is 9.59 Å². The Morgan fingerprint density at radius 1 is 0.363 bits per heavy atom. The van der Waals surface area contributed by atoms with Crippen molar-refractivity contribution >= 4 is 209 Å². The van der Waals surface area contributed by atoms with E-state index >= 15 is 0 Å². The van der Waals surface area contributed by atoms with Crippen LogP contribution in [0.15, 0.2) is 288 Å². The van der Waals surface area contributed by atoms with Crippen molar-refractivity contribution in [2.24, 2.45) is 0 Å². The number of esters is 2. The summed E-state index contributed by atoms with van der Waals surface area (Å²) in [4.78, 5) is 24.1. The van der Waals surface area contributed by atoms with Gasteiger partial charge in [-0.1, -0.05) is 238 Å². The van der Waals surface area contributed by atoms with E-state index in [2.05, 4.69) is 339 Å². The molecule has 0 spiro atoms. The van der Waals surface area contributed by atoms with Crippen LogP contribution in [0.1, 0.15) is 48.4 Å². The van der Waals surface area contributed by atoms with Gasteiger partial charge in [-0.2, -0.15) is 0 Å². The fourth-order valence-electron chi connectivity index (χ4n) is 15.6. The molecule has 3 heterocycles. The van der Waals surface area contributed by atoms with Crippen LogP contribution >= 0.6 is 54.5 Å². The first-order valence-electron chi connectivity index (χ1n) is 33.9. The van der Waals surface area contributed by atoms with E-state index in [0.29, 0.717) is 11.1 Å². The molecule has 0 amide bonds. The van der Waals surface area contributed by atoms with Gasteiger partial charge in [0, 0.05) is 67.0 Å². The summed E-state index contributed by atoms with van der Waals surface area (Å²) in [7, 11) is 2.37. The van der Waals surface area contributed by atoms with Crippen LogP contribution in [0.3, 0.4) is 0 Å². The highest BCUT2D eigenvalue weighted by Crippen LogP contribution is 2.51. The number of hydrogen-bond acceptors (Lipinski definition) is 6. The number of para-hydroxylation sites is 2. The predicted molar refractivity (Wildman–Crippen MR) is 440 cm³/mol. The summed E-state index contributed by atoms with van der Waals surface area (Å²) in [5.74, 6) is -0.668. The number of nitrogens with zero attached hydrogens (tertiary/aromatic N) is 2. The van der Waals surface area contributed by atoms with E-state index in [-0.39, 0.29) is 11.9 Å². The quantitative estimate of drug-likeness (QED) is 0.0714. The van der Waals surface area contributed by atoms with Crippen molar-refractivity contribution in [3.8, 4) is 22.5 Å². The van der Waals surface area contributed by atoms with E-state index in [4.69, 9.17) is 14.0 Å². The van der Waals surface area contributed by atoms with Gasteiger partial charge in [0.15, 0.2) is 0 Å². The fraction of sp³-hybridized carbons (Fsp3) is 0.0889. The van der Waals surface area contributed by atoms with Crippen molar-refractivity contribution in [2.75, 3.05) is 14.2 Å². The minimum absolute atomic E-state index is 0.305. The Hall–Kier alpha value is -10.2. The Labute approximate surface area is 619 Å². The zero-order valence-electron chi connectivity index (χ0n) is 56.6. The molecule has 0 bridgehead atoms. The van der Waals surface area contributed by atoms with Crippen molar-refractivity contribution in [1.29, 1.82) is 0 Å². The van der Waals surface area contributed by atoms with E-state index < -0.39 is 18.3 Å². The molecule has 0 unspecified atom stereocenters. The Morgan fingerprint density at radius 2 is 0.706 bits per heavy atom. The average Bonchev–Trinajstić information content (AvgIpc) is 1.45. The van der Waals surface area contributed by atoms with Gasteiger partial charge in [-0.05, 0) is 204 Å². The first kappa shape index (κ1) is 65.1. The molecule has 102 heavy (non-hydrogen) atoms. The maximum Gasteiger partial charge on any atom is 0.494 e. The molecule has 0 saturated carbocycles. The maximum absolute atomic E-state index is 12.9. The third-order valence-electron chi connectivity index (χ3n) is 20.8. The number of benzene rings is 16.